The molecule has 7 heteroatoms. The van der Waals surface area contributed by atoms with Crippen molar-refractivity contribution in [3.05, 3.63) is 113 Å². The molecule has 1 unspecified atom stereocenters. The predicted octanol–water partition coefficient (Wildman–Crippen LogP) is 5.94. The van der Waals surface area contributed by atoms with Crippen LogP contribution in [0.15, 0.2) is 89.7 Å². The largest absolute Gasteiger partial charge is 0.489 e. The molecule has 1 aliphatic carbocycles. The van der Waals surface area contributed by atoms with Gasteiger partial charge in [0, 0.05) is 23.4 Å². The quantitative estimate of drug-likeness (QED) is 0.272. The third kappa shape index (κ3) is 5.76. The fourth-order valence-electron chi connectivity index (χ4n) is 4.79. The SMILES string of the molecule is CCOC(=O)C1(NC(=O)Cc2ccc(OCc3ccoc3)cc2)Cc2ccc(-c3ccc(Cl)cc3)cc2C1. The van der Waals surface area contributed by atoms with Crippen molar-refractivity contribution in [1.29, 1.82) is 0 Å². The van der Waals surface area contributed by atoms with Gasteiger partial charge in [0.2, 0.25) is 5.91 Å². The van der Waals surface area contributed by atoms with Crippen LogP contribution < -0.4 is 10.1 Å². The third-order valence-corrected chi connectivity index (χ3v) is 6.94. The van der Waals surface area contributed by atoms with Gasteiger partial charge < -0.3 is 19.2 Å². The maximum absolute atomic E-state index is 13.2. The summed E-state index contributed by atoms with van der Waals surface area (Å²) in [4.78, 5) is 26.3. The molecular formula is C31H28ClNO5. The van der Waals surface area contributed by atoms with Crippen molar-refractivity contribution >= 4 is 23.5 Å². The van der Waals surface area contributed by atoms with Crippen molar-refractivity contribution in [1.82, 2.24) is 5.32 Å². The van der Waals surface area contributed by atoms with E-state index in [9.17, 15) is 9.59 Å². The summed E-state index contributed by atoms with van der Waals surface area (Å²) in [6.45, 7) is 2.41. The normalized spacial score (nSPS) is 16.1. The first kappa shape index (κ1) is 25.6. The monoisotopic (exact) mass is 529 g/mol. The highest BCUT2D eigenvalue weighted by molar-refractivity contribution is 6.30. The molecule has 0 bridgehead atoms. The Morgan fingerprint density at radius 1 is 0.921 bits per heavy atom. The zero-order chi connectivity index (χ0) is 26.5. The van der Waals surface area contributed by atoms with Gasteiger partial charge in [-0.2, -0.15) is 0 Å². The summed E-state index contributed by atoms with van der Waals surface area (Å²) in [6, 6.07) is 23.0. The number of esters is 1. The fourth-order valence-corrected chi connectivity index (χ4v) is 4.92. The Morgan fingerprint density at radius 3 is 2.37 bits per heavy atom. The molecular weight excluding hydrogens is 502 g/mol. The number of ether oxygens (including phenoxy) is 2. The second kappa shape index (κ2) is 11.2. The number of rotatable bonds is 9. The Hall–Kier alpha value is -4.03. The fraction of sp³-hybridized carbons (Fsp3) is 0.226. The molecule has 0 aliphatic heterocycles. The maximum atomic E-state index is 13.2. The van der Waals surface area contributed by atoms with Crippen molar-refractivity contribution < 1.29 is 23.5 Å². The molecule has 6 nitrogen and oxygen atoms in total. The Balaban J connectivity index is 1.28. The summed E-state index contributed by atoms with van der Waals surface area (Å²) < 4.78 is 16.2. The first-order chi connectivity index (χ1) is 18.4. The minimum Gasteiger partial charge on any atom is -0.489 e. The zero-order valence-corrected chi connectivity index (χ0v) is 21.8. The van der Waals surface area contributed by atoms with E-state index in [1.165, 1.54) is 0 Å². The molecule has 3 aromatic carbocycles. The number of benzene rings is 3. The van der Waals surface area contributed by atoms with Gasteiger partial charge in [0.15, 0.2) is 0 Å². The molecule has 1 heterocycles. The molecule has 0 saturated heterocycles. The van der Waals surface area contributed by atoms with Crippen LogP contribution >= 0.6 is 11.6 Å². The minimum atomic E-state index is -1.14. The number of halogens is 1. The number of hydrogen-bond acceptors (Lipinski definition) is 5. The lowest BCUT2D eigenvalue weighted by Gasteiger charge is -2.28. The summed E-state index contributed by atoms with van der Waals surface area (Å²) in [6.07, 6.45) is 4.13. The predicted molar refractivity (Wildman–Crippen MR) is 145 cm³/mol. The Morgan fingerprint density at radius 2 is 1.66 bits per heavy atom. The van der Waals surface area contributed by atoms with Crippen LogP contribution in [0, 0.1) is 0 Å². The molecule has 1 aliphatic rings. The Kier molecular flexibility index (Phi) is 7.52. The van der Waals surface area contributed by atoms with E-state index in [-0.39, 0.29) is 18.9 Å². The highest BCUT2D eigenvalue weighted by atomic mass is 35.5. The molecule has 5 rings (SSSR count). The molecule has 0 saturated carbocycles. The summed E-state index contributed by atoms with van der Waals surface area (Å²) in [5.41, 5.74) is 4.73. The molecule has 1 aromatic heterocycles. The van der Waals surface area contributed by atoms with Gasteiger partial charge in [-0.1, -0.05) is 54.1 Å². The number of hydrogen-bond donors (Lipinski definition) is 1. The Labute approximate surface area is 226 Å². The third-order valence-electron chi connectivity index (χ3n) is 6.69. The van der Waals surface area contributed by atoms with Crippen molar-refractivity contribution in [3.63, 3.8) is 0 Å². The lowest BCUT2D eigenvalue weighted by atomic mass is 9.95. The van der Waals surface area contributed by atoms with Crippen LogP contribution in [0.2, 0.25) is 5.02 Å². The maximum Gasteiger partial charge on any atom is 0.332 e. The van der Waals surface area contributed by atoms with Crippen LogP contribution in [0.25, 0.3) is 11.1 Å². The van der Waals surface area contributed by atoms with Crippen molar-refractivity contribution in [3.8, 4) is 16.9 Å². The summed E-state index contributed by atoms with van der Waals surface area (Å²) >= 11 is 6.04. The van der Waals surface area contributed by atoms with E-state index in [1.807, 2.05) is 66.7 Å². The first-order valence-electron chi connectivity index (χ1n) is 12.5. The van der Waals surface area contributed by atoms with Gasteiger partial charge in [0.05, 0.1) is 25.6 Å². The smallest absolute Gasteiger partial charge is 0.332 e. The average molecular weight is 530 g/mol. The highest BCUT2D eigenvalue weighted by Gasteiger charge is 2.46. The molecule has 0 radical (unpaired) electrons. The van der Waals surface area contributed by atoms with Crippen molar-refractivity contribution in [2.24, 2.45) is 0 Å². The summed E-state index contributed by atoms with van der Waals surface area (Å²) in [5, 5.41) is 3.70. The summed E-state index contributed by atoms with van der Waals surface area (Å²) in [7, 11) is 0. The van der Waals surface area contributed by atoms with Gasteiger partial charge in [0.1, 0.15) is 17.9 Å². The minimum absolute atomic E-state index is 0.134. The number of carbonyl (C=O) groups is 2. The molecule has 1 atom stereocenters. The van der Waals surface area contributed by atoms with Crippen LogP contribution in [0.1, 0.15) is 29.2 Å². The number of furan rings is 1. The van der Waals surface area contributed by atoms with E-state index < -0.39 is 11.5 Å². The van der Waals surface area contributed by atoms with Gasteiger partial charge >= 0.3 is 5.97 Å². The van der Waals surface area contributed by atoms with Crippen LogP contribution in [-0.4, -0.2) is 24.0 Å². The van der Waals surface area contributed by atoms with Gasteiger partial charge in [-0.25, -0.2) is 4.79 Å². The topological polar surface area (TPSA) is 77.8 Å². The van der Waals surface area contributed by atoms with E-state index >= 15 is 0 Å². The second-order valence-corrected chi connectivity index (χ2v) is 9.87. The number of nitrogens with one attached hydrogen (secondary N) is 1. The number of carbonyl (C=O) groups excluding carboxylic acids is 2. The molecule has 1 amide bonds. The van der Waals surface area contributed by atoms with Gasteiger partial charge in [-0.3, -0.25) is 4.79 Å². The van der Waals surface area contributed by atoms with E-state index in [0.29, 0.717) is 30.2 Å². The van der Waals surface area contributed by atoms with E-state index in [4.69, 9.17) is 25.5 Å². The molecule has 4 aromatic rings. The van der Waals surface area contributed by atoms with Crippen LogP contribution in [0.5, 0.6) is 5.75 Å². The van der Waals surface area contributed by atoms with Crippen LogP contribution in [0.3, 0.4) is 0 Å². The summed E-state index contributed by atoms with van der Waals surface area (Å²) in [5.74, 6) is 0.0394. The molecule has 0 fully saturated rings. The zero-order valence-electron chi connectivity index (χ0n) is 21.0. The Bertz CT molecular complexity index is 1410. The van der Waals surface area contributed by atoms with E-state index in [2.05, 4.69) is 11.4 Å². The van der Waals surface area contributed by atoms with Gasteiger partial charge in [-0.05, 0) is 65.1 Å². The van der Waals surface area contributed by atoms with Crippen LogP contribution in [0.4, 0.5) is 0 Å². The van der Waals surface area contributed by atoms with Crippen molar-refractivity contribution in [2.75, 3.05) is 6.61 Å². The molecule has 1 N–H and O–H groups in total. The highest BCUT2D eigenvalue weighted by Crippen LogP contribution is 2.35. The standard InChI is InChI=1S/C31H28ClNO5/c1-2-37-30(35)31(17-25-6-5-24(16-26(25)18-31)23-7-9-27(32)10-8-23)33-29(34)15-21-3-11-28(12-4-21)38-20-22-13-14-36-19-22/h3-14,16,19H,2,15,17-18,20H2,1H3,(H,33,34). The first-order valence-corrected chi connectivity index (χ1v) is 12.9. The number of fused-ring (bicyclic) bond motifs is 1. The molecule has 38 heavy (non-hydrogen) atoms. The second-order valence-electron chi connectivity index (χ2n) is 9.44. The molecule has 0 spiro atoms. The van der Waals surface area contributed by atoms with Crippen LogP contribution in [-0.2, 0) is 40.2 Å². The van der Waals surface area contributed by atoms with Crippen molar-refractivity contribution in [2.45, 2.75) is 38.3 Å². The lowest BCUT2D eigenvalue weighted by molar-refractivity contribution is -0.153. The van der Waals surface area contributed by atoms with E-state index in [0.717, 1.165) is 33.4 Å². The van der Waals surface area contributed by atoms with Gasteiger partial charge in [0.25, 0.3) is 0 Å². The van der Waals surface area contributed by atoms with Gasteiger partial charge in [-0.15, -0.1) is 0 Å². The van der Waals surface area contributed by atoms with E-state index in [1.54, 1.807) is 19.5 Å². The lowest BCUT2D eigenvalue weighted by Crippen LogP contribution is -2.56. The number of amides is 1. The average Bonchev–Trinajstić information content (AvgIpc) is 3.56. The molecule has 194 valence electrons.